The van der Waals surface area contributed by atoms with E-state index in [1.54, 1.807) is 36.7 Å². The molecule has 0 spiro atoms. The fourth-order valence-corrected chi connectivity index (χ4v) is 1.80. The van der Waals surface area contributed by atoms with Crippen LogP contribution >= 0.6 is 0 Å². The van der Waals surface area contributed by atoms with Crippen LogP contribution in [0.25, 0.3) is 0 Å². The Morgan fingerprint density at radius 3 is 2.75 bits per heavy atom. The zero-order valence-corrected chi connectivity index (χ0v) is 11.0. The highest BCUT2D eigenvalue weighted by atomic mass is 16.1. The first-order valence-corrected chi connectivity index (χ1v) is 6.29. The largest absolute Gasteiger partial charge is 0.398 e. The van der Waals surface area contributed by atoms with Gasteiger partial charge < -0.3 is 11.1 Å². The van der Waals surface area contributed by atoms with Gasteiger partial charge in [-0.05, 0) is 24.1 Å². The molecule has 1 aromatic heterocycles. The van der Waals surface area contributed by atoms with Crippen molar-refractivity contribution in [2.75, 3.05) is 12.3 Å². The maximum absolute atomic E-state index is 11.9. The van der Waals surface area contributed by atoms with Crippen molar-refractivity contribution in [3.8, 4) is 0 Å². The van der Waals surface area contributed by atoms with E-state index in [1.165, 1.54) is 0 Å². The number of anilines is 1. The molecular weight excluding hydrogens is 252 g/mol. The predicted molar refractivity (Wildman–Crippen MR) is 78.6 cm³/mol. The molecule has 0 radical (unpaired) electrons. The lowest BCUT2D eigenvalue weighted by atomic mass is 10.1. The first-order valence-electron chi connectivity index (χ1n) is 6.29. The van der Waals surface area contributed by atoms with Crippen LogP contribution in [-0.4, -0.2) is 23.1 Å². The number of amides is 1. The van der Waals surface area contributed by atoms with Crippen LogP contribution in [0.15, 0.2) is 48.8 Å². The number of nitrogen functional groups attached to an aromatic ring is 1. The lowest BCUT2D eigenvalue weighted by Crippen LogP contribution is -2.33. The predicted octanol–water partition coefficient (Wildman–Crippen LogP) is 1.39. The molecule has 0 aliphatic heterocycles. The number of benzene rings is 1. The van der Waals surface area contributed by atoms with E-state index in [2.05, 4.69) is 10.3 Å². The molecule has 20 heavy (non-hydrogen) atoms. The molecular formula is C15H16N4O. The van der Waals surface area contributed by atoms with Gasteiger partial charge in [-0.25, -0.2) is 0 Å². The summed E-state index contributed by atoms with van der Waals surface area (Å²) in [7, 11) is 0. The molecule has 0 bridgehead atoms. The third kappa shape index (κ3) is 3.41. The lowest BCUT2D eigenvalue weighted by Gasteiger charge is -2.08. The van der Waals surface area contributed by atoms with Gasteiger partial charge in [0.2, 0.25) is 0 Å². The van der Waals surface area contributed by atoms with Gasteiger partial charge in [-0.15, -0.1) is 0 Å². The number of hydrogen-bond acceptors (Lipinski definition) is 4. The second kappa shape index (κ2) is 6.47. The van der Waals surface area contributed by atoms with Crippen LogP contribution in [0.5, 0.6) is 0 Å². The third-order valence-corrected chi connectivity index (χ3v) is 2.88. The fraction of sp³-hybridized carbons (Fsp3) is 0.133. The van der Waals surface area contributed by atoms with E-state index in [9.17, 15) is 4.79 Å². The number of aromatic nitrogens is 1. The summed E-state index contributed by atoms with van der Waals surface area (Å²) >= 11 is 0. The molecule has 0 aliphatic carbocycles. The van der Waals surface area contributed by atoms with Gasteiger partial charge in [0.25, 0.3) is 5.91 Å². The van der Waals surface area contributed by atoms with Crippen LogP contribution in [0.4, 0.5) is 5.69 Å². The molecule has 0 atom stereocenters. The minimum absolute atomic E-state index is 0.116. The zero-order valence-electron chi connectivity index (χ0n) is 11.0. The molecule has 0 fully saturated rings. The number of pyridine rings is 1. The molecule has 4 N–H and O–H groups in total. The van der Waals surface area contributed by atoms with Crippen molar-refractivity contribution in [2.45, 2.75) is 6.42 Å². The van der Waals surface area contributed by atoms with Gasteiger partial charge in [0, 0.05) is 30.2 Å². The minimum Gasteiger partial charge on any atom is -0.398 e. The fourth-order valence-electron chi connectivity index (χ4n) is 1.80. The number of nitrogens with zero attached hydrogens (tertiary/aromatic N) is 1. The number of hydrogen-bond donors (Lipinski definition) is 3. The number of carbonyl (C=O) groups is 1. The first-order chi connectivity index (χ1) is 9.68. The molecule has 2 rings (SSSR count). The van der Waals surface area contributed by atoms with Crippen LogP contribution in [0, 0.1) is 5.41 Å². The van der Waals surface area contributed by atoms with Gasteiger partial charge in [0.1, 0.15) is 5.71 Å². The van der Waals surface area contributed by atoms with E-state index in [0.29, 0.717) is 24.2 Å². The van der Waals surface area contributed by atoms with Crippen LogP contribution < -0.4 is 11.1 Å². The quantitative estimate of drug-likeness (QED) is 0.565. The lowest BCUT2D eigenvalue weighted by molar-refractivity contribution is -0.114. The number of nitrogens with one attached hydrogen (secondary N) is 2. The number of para-hydroxylation sites is 1. The van der Waals surface area contributed by atoms with Gasteiger partial charge in [-0.2, -0.15) is 0 Å². The Morgan fingerprint density at radius 1 is 1.25 bits per heavy atom. The average Bonchev–Trinajstić information content (AvgIpc) is 2.48. The molecule has 5 nitrogen and oxygen atoms in total. The standard InChI is InChI=1S/C15H16N4O/c16-13-6-2-1-5-12(13)14(17)15(20)19-9-7-11-4-3-8-18-10-11/h1-6,8,10,17H,7,9,16H2,(H,19,20). The van der Waals surface area contributed by atoms with Gasteiger partial charge >= 0.3 is 0 Å². The summed E-state index contributed by atoms with van der Waals surface area (Å²) < 4.78 is 0. The van der Waals surface area contributed by atoms with Crippen LogP contribution in [-0.2, 0) is 11.2 Å². The van der Waals surface area contributed by atoms with Crippen molar-refractivity contribution < 1.29 is 4.79 Å². The monoisotopic (exact) mass is 268 g/mol. The highest BCUT2D eigenvalue weighted by Gasteiger charge is 2.13. The summed E-state index contributed by atoms with van der Waals surface area (Å²) in [6, 6.07) is 10.7. The summed E-state index contributed by atoms with van der Waals surface area (Å²) in [5.41, 5.74) is 7.55. The Labute approximate surface area is 117 Å². The van der Waals surface area contributed by atoms with E-state index >= 15 is 0 Å². The summed E-state index contributed by atoms with van der Waals surface area (Å²) in [6.07, 6.45) is 4.14. The molecule has 102 valence electrons. The molecule has 2 aromatic rings. The van der Waals surface area contributed by atoms with E-state index in [4.69, 9.17) is 11.1 Å². The van der Waals surface area contributed by atoms with Crippen molar-refractivity contribution in [1.29, 1.82) is 5.41 Å². The van der Waals surface area contributed by atoms with Gasteiger partial charge in [-0.3, -0.25) is 15.2 Å². The van der Waals surface area contributed by atoms with E-state index in [-0.39, 0.29) is 5.71 Å². The van der Waals surface area contributed by atoms with Crippen molar-refractivity contribution in [1.82, 2.24) is 10.3 Å². The minimum atomic E-state index is -0.424. The van der Waals surface area contributed by atoms with Gasteiger partial charge in [0.05, 0.1) is 0 Å². The molecule has 0 saturated carbocycles. The maximum Gasteiger partial charge on any atom is 0.269 e. The second-order valence-electron chi connectivity index (χ2n) is 4.33. The number of nitrogens with two attached hydrogens (primary N) is 1. The Hall–Kier alpha value is -2.69. The Balaban J connectivity index is 1.89. The SMILES string of the molecule is N=C(C(=O)NCCc1cccnc1)c1ccccc1N. The normalized spacial score (nSPS) is 10.0. The van der Waals surface area contributed by atoms with E-state index < -0.39 is 5.91 Å². The highest BCUT2D eigenvalue weighted by molar-refractivity contribution is 6.45. The summed E-state index contributed by atoms with van der Waals surface area (Å²) in [4.78, 5) is 15.9. The molecule has 1 aromatic carbocycles. The zero-order chi connectivity index (χ0) is 14.4. The number of carbonyl (C=O) groups excluding carboxylic acids is 1. The van der Waals surface area contributed by atoms with Gasteiger partial charge in [0.15, 0.2) is 0 Å². The maximum atomic E-state index is 11.9. The topological polar surface area (TPSA) is 91.9 Å². The summed E-state index contributed by atoms with van der Waals surface area (Å²) in [5.74, 6) is -0.424. The molecule has 1 amide bonds. The second-order valence-corrected chi connectivity index (χ2v) is 4.33. The molecule has 1 heterocycles. The van der Waals surface area contributed by atoms with Crippen LogP contribution in [0.1, 0.15) is 11.1 Å². The molecule has 0 unspecified atom stereocenters. The van der Waals surface area contributed by atoms with Crippen molar-refractivity contribution in [2.24, 2.45) is 0 Å². The van der Waals surface area contributed by atoms with Crippen molar-refractivity contribution in [3.63, 3.8) is 0 Å². The van der Waals surface area contributed by atoms with Crippen LogP contribution in [0.2, 0.25) is 0 Å². The molecule has 0 saturated heterocycles. The van der Waals surface area contributed by atoms with Crippen molar-refractivity contribution >= 4 is 17.3 Å². The molecule has 5 heteroatoms. The third-order valence-electron chi connectivity index (χ3n) is 2.88. The molecule has 0 aliphatic rings. The average molecular weight is 268 g/mol. The first kappa shape index (κ1) is 13.7. The Bertz CT molecular complexity index is 610. The van der Waals surface area contributed by atoms with Crippen molar-refractivity contribution in [3.05, 3.63) is 59.9 Å². The Kier molecular flexibility index (Phi) is 4.44. The van der Waals surface area contributed by atoms with E-state index in [0.717, 1.165) is 5.56 Å². The van der Waals surface area contributed by atoms with E-state index in [1.807, 2.05) is 12.1 Å². The smallest absolute Gasteiger partial charge is 0.269 e. The Morgan fingerprint density at radius 2 is 2.05 bits per heavy atom. The van der Waals surface area contributed by atoms with Crippen LogP contribution in [0.3, 0.4) is 0 Å². The summed E-state index contributed by atoms with van der Waals surface area (Å²) in [6.45, 7) is 0.458. The highest BCUT2D eigenvalue weighted by Crippen LogP contribution is 2.11. The van der Waals surface area contributed by atoms with Gasteiger partial charge in [-0.1, -0.05) is 24.3 Å². The summed E-state index contributed by atoms with van der Waals surface area (Å²) in [5, 5.41) is 10.6. The number of rotatable bonds is 5.